The Balaban J connectivity index is 0.00000484. The molecule has 0 aliphatic heterocycles. The van der Waals surface area contributed by atoms with Crippen molar-refractivity contribution in [1.29, 1.82) is 0 Å². The maximum absolute atomic E-state index is 5.95. The Morgan fingerprint density at radius 2 is 1.83 bits per heavy atom. The molecule has 0 spiro atoms. The van der Waals surface area contributed by atoms with E-state index in [2.05, 4.69) is 22.5 Å². The van der Waals surface area contributed by atoms with Crippen LogP contribution in [0.25, 0.3) is 0 Å². The van der Waals surface area contributed by atoms with Gasteiger partial charge in [0, 0.05) is 40.0 Å². The van der Waals surface area contributed by atoms with E-state index in [4.69, 9.17) is 9.47 Å². The molecular formula is C17H36IN3O2. The molecule has 138 valence electrons. The number of hydrogen-bond acceptors (Lipinski definition) is 3. The van der Waals surface area contributed by atoms with E-state index < -0.39 is 0 Å². The lowest BCUT2D eigenvalue weighted by Crippen LogP contribution is -2.40. The second-order valence-electron chi connectivity index (χ2n) is 5.80. The number of rotatable bonds is 11. The number of nitrogens with one attached hydrogen (secondary N) is 2. The van der Waals surface area contributed by atoms with Gasteiger partial charge in [0.05, 0.1) is 6.10 Å². The zero-order chi connectivity index (χ0) is 16.0. The van der Waals surface area contributed by atoms with Crippen molar-refractivity contribution in [1.82, 2.24) is 10.6 Å². The Labute approximate surface area is 159 Å². The summed E-state index contributed by atoms with van der Waals surface area (Å²) >= 11 is 0. The lowest BCUT2D eigenvalue weighted by Gasteiger charge is -2.24. The maximum Gasteiger partial charge on any atom is 0.190 e. The SMILES string of the molecule is CCOCCCNC(=NC)NCCC(OCC)C1CCCC1.I. The third kappa shape index (κ3) is 10.4. The molecule has 1 aliphatic carbocycles. The van der Waals surface area contributed by atoms with Crippen LogP contribution in [0.2, 0.25) is 0 Å². The van der Waals surface area contributed by atoms with Gasteiger partial charge in [-0.3, -0.25) is 4.99 Å². The van der Waals surface area contributed by atoms with Crippen molar-refractivity contribution in [3.63, 3.8) is 0 Å². The van der Waals surface area contributed by atoms with Gasteiger partial charge in [0.25, 0.3) is 0 Å². The largest absolute Gasteiger partial charge is 0.382 e. The molecule has 0 aromatic rings. The van der Waals surface area contributed by atoms with Crippen molar-refractivity contribution < 1.29 is 9.47 Å². The van der Waals surface area contributed by atoms with Crippen molar-refractivity contribution in [2.24, 2.45) is 10.9 Å². The molecular weight excluding hydrogens is 405 g/mol. The monoisotopic (exact) mass is 441 g/mol. The van der Waals surface area contributed by atoms with Crippen LogP contribution >= 0.6 is 24.0 Å². The van der Waals surface area contributed by atoms with Crippen molar-refractivity contribution in [3.05, 3.63) is 0 Å². The first-order chi connectivity index (χ1) is 10.8. The van der Waals surface area contributed by atoms with Crippen LogP contribution in [0.15, 0.2) is 4.99 Å². The van der Waals surface area contributed by atoms with Crippen LogP contribution in [0.1, 0.15) is 52.4 Å². The number of aliphatic imine (C=N–C) groups is 1. The molecule has 1 aliphatic rings. The van der Waals surface area contributed by atoms with Gasteiger partial charge in [-0.1, -0.05) is 12.8 Å². The number of guanidine groups is 1. The molecule has 0 radical (unpaired) electrons. The highest BCUT2D eigenvalue weighted by atomic mass is 127. The van der Waals surface area contributed by atoms with Gasteiger partial charge in [0.1, 0.15) is 0 Å². The van der Waals surface area contributed by atoms with Crippen molar-refractivity contribution >= 4 is 29.9 Å². The molecule has 1 fully saturated rings. The molecule has 2 N–H and O–H groups in total. The fourth-order valence-electron chi connectivity index (χ4n) is 3.08. The third-order valence-electron chi connectivity index (χ3n) is 4.21. The summed E-state index contributed by atoms with van der Waals surface area (Å²) in [6.45, 7) is 8.30. The Morgan fingerprint density at radius 3 is 2.43 bits per heavy atom. The second kappa shape index (κ2) is 15.4. The van der Waals surface area contributed by atoms with E-state index in [0.29, 0.717) is 6.10 Å². The molecule has 1 saturated carbocycles. The summed E-state index contributed by atoms with van der Waals surface area (Å²) in [4.78, 5) is 4.26. The van der Waals surface area contributed by atoms with Crippen LogP contribution in [0, 0.1) is 5.92 Å². The zero-order valence-corrected chi connectivity index (χ0v) is 17.4. The van der Waals surface area contributed by atoms with Gasteiger partial charge < -0.3 is 20.1 Å². The van der Waals surface area contributed by atoms with E-state index >= 15 is 0 Å². The summed E-state index contributed by atoms with van der Waals surface area (Å²) in [5.74, 6) is 1.63. The average molecular weight is 441 g/mol. The first-order valence-electron chi connectivity index (χ1n) is 8.95. The number of hydrogen-bond donors (Lipinski definition) is 2. The summed E-state index contributed by atoms with van der Waals surface area (Å²) in [7, 11) is 1.81. The van der Waals surface area contributed by atoms with E-state index in [1.165, 1.54) is 25.7 Å². The van der Waals surface area contributed by atoms with Crippen molar-refractivity contribution in [2.75, 3.05) is 40.0 Å². The zero-order valence-electron chi connectivity index (χ0n) is 15.1. The molecule has 0 aromatic carbocycles. The summed E-state index contributed by atoms with van der Waals surface area (Å²) < 4.78 is 11.3. The van der Waals surface area contributed by atoms with Crippen LogP contribution in [0.5, 0.6) is 0 Å². The van der Waals surface area contributed by atoms with Gasteiger partial charge in [-0.05, 0) is 45.4 Å². The van der Waals surface area contributed by atoms with Crippen LogP contribution < -0.4 is 10.6 Å². The predicted molar refractivity (Wildman–Crippen MR) is 108 cm³/mol. The summed E-state index contributed by atoms with van der Waals surface area (Å²) in [5.41, 5.74) is 0. The summed E-state index contributed by atoms with van der Waals surface area (Å²) in [5, 5.41) is 6.71. The molecule has 5 nitrogen and oxygen atoms in total. The van der Waals surface area contributed by atoms with E-state index in [0.717, 1.165) is 57.6 Å². The molecule has 0 bridgehead atoms. The minimum Gasteiger partial charge on any atom is -0.382 e. The van der Waals surface area contributed by atoms with Crippen LogP contribution in [-0.2, 0) is 9.47 Å². The topological polar surface area (TPSA) is 54.9 Å². The highest BCUT2D eigenvalue weighted by Gasteiger charge is 2.24. The van der Waals surface area contributed by atoms with Gasteiger partial charge >= 0.3 is 0 Å². The summed E-state index contributed by atoms with van der Waals surface area (Å²) in [6, 6.07) is 0. The van der Waals surface area contributed by atoms with Crippen LogP contribution in [-0.4, -0.2) is 52.0 Å². The van der Waals surface area contributed by atoms with E-state index in [9.17, 15) is 0 Å². The highest BCUT2D eigenvalue weighted by molar-refractivity contribution is 14.0. The van der Waals surface area contributed by atoms with Crippen molar-refractivity contribution in [2.45, 2.75) is 58.5 Å². The lowest BCUT2D eigenvalue weighted by atomic mass is 9.98. The number of halogens is 1. The standard InChI is InChI=1S/C17H35N3O2.HI/c1-4-21-14-8-12-19-17(18-3)20-13-11-16(22-5-2)15-9-6-7-10-15;/h15-16H,4-14H2,1-3H3,(H2,18,19,20);1H. The minimum atomic E-state index is 0. The molecule has 1 atom stereocenters. The molecule has 6 heteroatoms. The fraction of sp³-hybridized carbons (Fsp3) is 0.941. The molecule has 0 saturated heterocycles. The fourth-order valence-corrected chi connectivity index (χ4v) is 3.08. The van der Waals surface area contributed by atoms with E-state index in [1.54, 1.807) is 0 Å². The predicted octanol–water partition coefficient (Wildman–Crippen LogP) is 3.18. The number of nitrogens with zero attached hydrogens (tertiary/aromatic N) is 1. The first-order valence-corrected chi connectivity index (χ1v) is 8.95. The summed E-state index contributed by atoms with van der Waals surface area (Å²) in [6.07, 6.45) is 7.84. The first kappa shape index (κ1) is 22.9. The molecule has 23 heavy (non-hydrogen) atoms. The third-order valence-corrected chi connectivity index (χ3v) is 4.21. The normalized spacial score (nSPS) is 16.9. The average Bonchev–Trinajstić information content (AvgIpc) is 3.06. The Morgan fingerprint density at radius 1 is 1.13 bits per heavy atom. The van der Waals surface area contributed by atoms with Gasteiger partial charge in [-0.25, -0.2) is 0 Å². The molecule has 0 amide bonds. The van der Waals surface area contributed by atoms with Crippen LogP contribution in [0.3, 0.4) is 0 Å². The minimum absolute atomic E-state index is 0. The molecule has 1 rings (SSSR count). The molecule has 0 aromatic heterocycles. The smallest absolute Gasteiger partial charge is 0.190 e. The highest BCUT2D eigenvalue weighted by Crippen LogP contribution is 2.30. The lowest BCUT2D eigenvalue weighted by molar-refractivity contribution is 0.0169. The maximum atomic E-state index is 5.95. The second-order valence-corrected chi connectivity index (χ2v) is 5.80. The van der Waals surface area contributed by atoms with E-state index in [1.807, 2.05) is 14.0 Å². The quantitative estimate of drug-likeness (QED) is 0.224. The molecule has 1 unspecified atom stereocenters. The van der Waals surface area contributed by atoms with Gasteiger partial charge in [0.15, 0.2) is 5.96 Å². The Bertz CT molecular complexity index is 298. The number of ether oxygens (including phenoxy) is 2. The molecule has 0 heterocycles. The van der Waals surface area contributed by atoms with Gasteiger partial charge in [0.2, 0.25) is 0 Å². The van der Waals surface area contributed by atoms with Crippen molar-refractivity contribution in [3.8, 4) is 0 Å². The Hall–Kier alpha value is -0.0800. The van der Waals surface area contributed by atoms with Crippen LogP contribution in [0.4, 0.5) is 0 Å². The Kier molecular flexibility index (Phi) is 15.4. The van der Waals surface area contributed by atoms with Gasteiger partial charge in [-0.15, -0.1) is 24.0 Å². The van der Waals surface area contributed by atoms with Gasteiger partial charge in [-0.2, -0.15) is 0 Å². The van der Waals surface area contributed by atoms with E-state index in [-0.39, 0.29) is 24.0 Å².